The van der Waals surface area contributed by atoms with Crippen LogP contribution >= 0.6 is 11.8 Å². The Kier molecular flexibility index (Phi) is 6.76. The molecule has 0 aromatic heterocycles. The minimum atomic E-state index is -3.09. The number of amidine groups is 1. The van der Waals surface area contributed by atoms with Gasteiger partial charge in [0, 0.05) is 24.8 Å². The molecule has 8 nitrogen and oxygen atoms in total. The van der Waals surface area contributed by atoms with Crippen molar-refractivity contribution in [2.45, 2.75) is 50.6 Å². The van der Waals surface area contributed by atoms with Gasteiger partial charge in [0.25, 0.3) is 0 Å². The Morgan fingerprint density at radius 2 is 1.93 bits per heavy atom. The maximum absolute atomic E-state index is 12.4. The molecule has 0 bridgehead atoms. The van der Waals surface area contributed by atoms with E-state index in [1.54, 1.807) is 20.8 Å². The van der Waals surface area contributed by atoms with E-state index >= 15 is 0 Å². The van der Waals surface area contributed by atoms with Gasteiger partial charge in [-0.15, -0.1) is 0 Å². The van der Waals surface area contributed by atoms with Gasteiger partial charge in [-0.25, -0.2) is 13.2 Å². The van der Waals surface area contributed by atoms with Gasteiger partial charge in [-0.05, 0) is 26.3 Å². The summed E-state index contributed by atoms with van der Waals surface area (Å²) < 4.78 is 29.3. The molecule has 2 fully saturated rings. The molecule has 164 valence electrons. The van der Waals surface area contributed by atoms with E-state index in [0.29, 0.717) is 11.7 Å². The predicted octanol–water partition coefficient (Wildman–Crippen LogP) is 2.20. The number of amides is 2. The van der Waals surface area contributed by atoms with Crippen molar-refractivity contribution in [1.29, 1.82) is 0 Å². The number of hydrogen-bond acceptors (Lipinski definition) is 6. The molecule has 10 heteroatoms. The topological polar surface area (TPSA) is 105 Å². The van der Waals surface area contributed by atoms with Gasteiger partial charge in [-0.1, -0.05) is 42.1 Å². The highest BCUT2D eigenvalue weighted by atomic mass is 32.2. The van der Waals surface area contributed by atoms with E-state index in [1.165, 1.54) is 11.8 Å². The van der Waals surface area contributed by atoms with Crippen LogP contribution in [0.15, 0.2) is 35.3 Å². The fraction of sp³-hybridized carbons (Fsp3) is 0.550. The van der Waals surface area contributed by atoms with Gasteiger partial charge in [0.2, 0.25) is 5.91 Å². The molecule has 0 unspecified atom stereocenters. The molecule has 0 aliphatic carbocycles. The summed E-state index contributed by atoms with van der Waals surface area (Å²) >= 11 is 1.35. The Bertz CT molecular complexity index is 926. The number of nitrogens with zero attached hydrogens (tertiary/aromatic N) is 2. The van der Waals surface area contributed by atoms with Crippen LogP contribution in [0, 0.1) is 0 Å². The first-order valence-electron chi connectivity index (χ1n) is 9.78. The molecular weight excluding hydrogens is 426 g/mol. The number of aliphatic imine (C=N–C) groups is 1. The quantitative estimate of drug-likeness (QED) is 0.729. The minimum Gasteiger partial charge on any atom is -0.444 e. The maximum Gasteiger partial charge on any atom is 0.407 e. The number of carbonyl (C=O) groups excluding carboxylic acids is 2. The first-order chi connectivity index (χ1) is 14.0. The number of rotatable bonds is 5. The van der Waals surface area contributed by atoms with Crippen molar-refractivity contribution in [3.8, 4) is 0 Å². The van der Waals surface area contributed by atoms with Gasteiger partial charge in [-0.2, -0.15) is 4.99 Å². The summed E-state index contributed by atoms with van der Waals surface area (Å²) in [6.07, 6.45) is -0.542. The third-order valence-corrected chi connectivity index (χ3v) is 7.85. The van der Waals surface area contributed by atoms with Crippen molar-refractivity contribution >= 4 is 38.8 Å². The Balaban J connectivity index is 1.64. The molecule has 1 N–H and O–H groups in total. The number of hydrogen-bond donors (Lipinski definition) is 1. The zero-order valence-electron chi connectivity index (χ0n) is 17.3. The average molecular weight is 454 g/mol. The largest absolute Gasteiger partial charge is 0.444 e. The van der Waals surface area contributed by atoms with Gasteiger partial charge in [-0.3, -0.25) is 4.79 Å². The number of ether oxygens (including phenoxy) is 1. The smallest absolute Gasteiger partial charge is 0.407 e. The molecule has 2 amide bonds. The van der Waals surface area contributed by atoms with E-state index in [4.69, 9.17) is 4.74 Å². The van der Waals surface area contributed by atoms with Gasteiger partial charge in [0.05, 0.1) is 17.5 Å². The van der Waals surface area contributed by atoms with Crippen LogP contribution in [-0.2, 0) is 25.9 Å². The number of thioether (sulfide) groups is 1. The average Bonchev–Trinajstić information content (AvgIpc) is 3.07. The molecule has 2 atom stereocenters. The predicted molar refractivity (Wildman–Crippen MR) is 117 cm³/mol. The molecule has 2 aliphatic heterocycles. The van der Waals surface area contributed by atoms with Gasteiger partial charge >= 0.3 is 6.09 Å². The normalized spacial score (nSPS) is 24.0. The standard InChI is InChI=1S/C20H27N3O5S2/c1-20(2,3)28-19(25)21-10-9-17(24)22-18-23(11-14-7-5-4-6-8-14)15-12-30(26,27)13-16(15)29-18/h4-8,15-16H,9-13H2,1-3H3,(H,21,25)/t15-,16+/m1/s1. The Morgan fingerprint density at radius 3 is 2.60 bits per heavy atom. The van der Waals surface area contributed by atoms with Crippen LogP contribution in [-0.4, -0.2) is 65.4 Å². The summed E-state index contributed by atoms with van der Waals surface area (Å²) in [6.45, 7) is 5.90. The molecule has 2 saturated heterocycles. The van der Waals surface area contributed by atoms with E-state index in [-0.39, 0.29) is 41.7 Å². The first-order valence-corrected chi connectivity index (χ1v) is 12.5. The van der Waals surface area contributed by atoms with Crippen molar-refractivity contribution in [2.24, 2.45) is 4.99 Å². The second-order valence-electron chi connectivity index (χ2n) is 8.38. The molecule has 30 heavy (non-hydrogen) atoms. The van der Waals surface area contributed by atoms with Gasteiger partial charge in [0.15, 0.2) is 15.0 Å². The van der Waals surface area contributed by atoms with Crippen molar-refractivity contribution in [2.75, 3.05) is 18.1 Å². The lowest BCUT2D eigenvalue weighted by atomic mass is 10.1. The van der Waals surface area contributed by atoms with Gasteiger partial charge in [0.1, 0.15) is 5.60 Å². The number of nitrogens with one attached hydrogen (secondary N) is 1. The van der Waals surface area contributed by atoms with Crippen LogP contribution in [0.3, 0.4) is 0 Å². The summed E-state index contributed by atoms with van der Waals surface area (Å²) in [6, 6.07) is 9.50. The first kappa shape index (κ1) is 22.6. The fourth-order valence-electron chi connectivity index (χ4n) is 3.35. The maximum atomic E-state index is 12.4. The monoisotopic (exact) mass is 453 g/mol. The van der Waals surface area contributed by atoms with E-state index in [0.717, 1.165) is 5.56 Å². The van der Waals surface area contributed by atoms with Crippen molar-refractivity contribution in [3.05, 3.63) is 35.9 Å². The summed E-state index contributed by atoms with van der Waals surface area (Å²) in [4.78, 5) is 30.2. The van der Waals surface area contributed by atoms with E-state index < -0.39 is 21.5 Å². The Hall–Kier alpha value is -2.07. The number of sulfone groups is 1. The lowest BCUT2D eigenvalue weighted by molar-refractivity contribution is -0.117. The zero-order valence-corrected chi connectivity index (χ0v) is 19.0. The van der Waals surface area contributed by atoms with Crippen LogP contribution in [0.4, 0.5) is 4.79 Å². The molecule has 3 rings (SSSR count). The third-order valence-electron chi connectivity index (χ3n) is 4.60. The van der Waals surface area contributed by atoms with Crippen LogP contribution in [0.1, 0.15) is 32.8 Å². The summed E-state index contributed by atoms with van der Waals surface area (Å²) in [5.74, 6) is -0.194. The molecular formula is C20H27N3O5S2. The highest BCUT2D eigenvalue weighted by Gasteiger charge is 2.48. The number of fused-ring (bicyclic) bond motifs is 1. The second-order valence-corrected chi connectivity index (χ2v) is 11.7. The highest BCUT2D eigenvalue weighted by molar-refractivity contribution is 8.15. The molecule has 0 spiro atoms. The van der Waals surface area contributed by atoms with Crippen molar-refractivity contribution in [3.63, 3.8) is 0 Å². The number of alkyl carbamates (subject to hydrolysis) is 1. The lowest BCUT2D eigenvalue weighted by Gasteiger charge is -2.24. The molecule has 2 aliphatic rings. The van der Waals surface area contributed by atoms with Crippen molar-refractivity contribution in [1.82, 2.24) is 10.2 Å². The molecule has 1 aromatic rings. The minimum absolute atomic E-state index is 0.0378. The van der Waals surface area contributed by atoms with Crippen LogP contribution in [0.2, 0.25) is 0 Å². The Labute approximate surface area is 181 Å². The van der Waals surface area contributed by atoms with E-state index in [1.807, 2.05) is 35.2 Å². The summed E-state index contributed by atoms with van der Waals surface area (Å²) in [5, 5.41) is 2.97. The molecule has 1 aromatic carbocycles. The molecule has 0 saturated carbocycles. The zero-order chi connectivity index (χ0) is 21.9. The van der Waals surface area contributed by atoms with Crippen LogP contribution in [0.25, 0.3) is 0 Å². The number of benzene rings is 1. The second kappa shape index (κ2) is 8.97. The van der Waals surface area contributed by atoms with Crippen LogP contribution in [0.5, 0.6) is 0 Å². The summed E-state index contributed by atoms with van der Waals surface area (Å²) in [7, 11) is -3.09. The van der Waals surface area contributed by atoms with E-state index in [9.17, 15) is 18.0 Å². The third kappa shape index (κ3) is 6.21. The fourth-order valence-corrected chi connectivity index (χ4v) is 7.32. The SMILES string of the molecule is CC(C)(C)OC(=O)NCCC(=O)N=C1S[C@H]2CS(=O)(=O)C[C@H]2N1Cc1ccccc1. The molecule has 0 radical (unpaired) electrons. The summed E-state index contributed by atoms with van der Waals surface area (Å²) in [5.41, 5.74) is 0.417. The molecule has 2 heterocycles. The lowest BCUT2D eigenvalue weighted by Crippen LogP contribution is -2.37. The number of carbonyl (C=O) groups is 2. The van der Waals surface area contributed by atoms with Crippen molar-refractivity contribution < 1.29 is 22.7 Å². The Morgan fingerprint density at radius 1 is 1.23 bits per heavy atom. The highest BCUT2D eigenvalue weighted by Crippen LogP contribution is 2.39. The van der Waals surface area contributed by atoms with Crippen LogP contribution < -0.4 is 5.32 Å². The van der Waals surface area contributed by atoms with Gasteiger partial charge < -0.3 is 15.0 Å². The van der Waals surface area contributed by atoms with E-state index in [2.05, 4.69) is 10.3 Å².